The Morgan fingerprint density at radius 2 is 2.06 bits per heavy atom. The van der Waals surface area contributed by atoms with E-state index in [0.29, 0.717) is 29.1 Å². The first-order chi connectivity index (χ1) is 15.0. The molecule has 0 saturated carbocycles. The Balaban J connectivity index is 1.68. The van der Waals surface area contributed by atoms with Crippen LogP contribution in [0.4, 0.5) is 5.82 Å². The van der Waals surface area contributed by atoms with E-state index in [1.165, 1.54) is 11.8 Å². The highest BCUT2D eigenvalue weighted by Gasteiger charge is 2.09. The molecule has 0 spiro atoms. The molecule has 0 radical (unpaired) electrons. The number of nitrogens with two attached hydrogens (primary N) is 1. The summed E-state index contributed by atoms with van der Waals surface area (Å²) in [5.74, 6) is 1.96. The molecule has 1 aromatic carbocycles. The summed E-state index contributed by atoms with van der Waals surface area (Å²) in [6, 6.07) is 15.3. The topological polar surface area (TPSA) is 120 Å². The van der Waals surface area contributed by atoms with Crippen molar-refractivity contribution in [2.75, 3.05) is 32.5 Å². The summed E-state index contributed by atoms with van der Waals surface area (Å²) in [5, 5.41) is 13.9. The third kappa shape index (κ3) is 7.36. The largest absolute Gasteiger partial charge is 0.463 e. The SMILES string of the molecule is C=C(NC(=NC(N)=NCCN(C)C)Sc1ccccc1)Nc1cc(-c2ccco2)[nH]n1. The number of furan rings is 1. The van der Waals surface area contributed by atoms with Gasteiger partial charge in [0.05, 0.1) is 12.8 Å². The summed E-state index contributed by atoms with van der Waals surface area (Å²) < 4.78 is 5.37. The summed E-state index contributed by atoms with van der Waals surface area (Å²) in [4.78, 5) is 11.8. The summed E-state index contributed by atoms with van der Waals surface area (Å²) >= 11 is 1.42. The lowest BCUT2D eigenvalue weighted by molar-refractivity contribution is 0.420. The Morgan fingerprint density at radius 1 is 1.26 bits per heavy atom. The number of anilines is 1. The van der Waals surface area contributed by atoms with Gasteiger partial charge in [0.1, 0.15) is 11.5 Å². The molecule has 5 N–H and O–H groups in total. The second kappa shape index (κ2) is 11.0. The van der Waals surface area contributed by atoms with Gasteiger partial charge >= 0.3 is 0 Å². The number of likely N-dealkylation sites (N-methyl/N-ethyl adjacent to an activating group) is 1. The van der Waals surface area contributed by atoms with Crippen LogP contribution in [0.1, 0.15) is 0 Å². The van der Waals surface area contributed by atoms with Gasteiger partial charge in [0.25, 0.3) is 0 Å². The zero-order chi connectivity index (χ0) is 22.1. The minimum absolute atomic E-state index is 0.195. The molecule has 0 atom stereocenters. The average Bonchev–Trinajstić information content (AvgIpc) is 3.40. The first-order valence-electron chi connectivity index (χ1n) is 9.58. The van der Waals surface area contributed by atoms with Crippen LogP contribution in [-0.2, 0) is 0 Å². The second-order valence-corrected chi connectivity index (χ2v) is 7.81. The Hall–Kier alpha value is -3.50. The number of hydrogen-bond acceptors (Lipinski definition) is 6. The van der Waals surface area contributed by atoms with Crippen molar-refractivity contribution < 1.29 is 4.42 Å². The maximum absolute atomic E-state index is 6.01. The molecule has 162 valence electrons. The zero-order valence-corrected chi connectivity index (χ0v) is 18.3. The van der Waals surface area contributed by atoms with Gasteiger partial charge < -0.3 is 25.7 Å². The fourth-order valence-electron chi connectivity index (χ4n) is 2.44. The maximum atomic E-state index is 6.01. The van der Waals surface area contributed by atoms with Crippen molar-refractivity contribution in [3.63, 3.8) is 0 Å². The van der Waals surface area contributed by atoms with Crippen molar-refractivity contribution in [1.29, 1.82) is 0 Å². The van der Waals surface area contributed by atoms with E-state index in [1.807, 2.05) is 67.5 Å². The van der Waals surface area contributed by atoms with Crippen molar-refractivity contribution in [2.45, 2.75) is 4.90 Å². The molecular weight excluding hydrogens is 412 g/mol. The quantitative estimate of drug-likeness (QED) is 0.242. The number of guanidine groups is 1. The molecule has 0 aliphatic heterocycles. The molecular formula is C21H26N8OS. The first kappa shape index (κ1) is 22.2. The van der Waals surface area contributed by atoms with Gasteiger partial charge in [-0.15, -0.1) is 0 Å². The van der Waals surface area contributed by atoms with Crippen LogP contribution in [0.3, 0.4) is 0 Å². The van der Waals surface area contributed by atoms with Gasteiger partial charge in [0.15, 0.2) is 16.7 Å². The molecule has 0 amide bonds. The molecule has 31 heavy (non-hydrogen) atoms. The van der Waals surface area contributed by atoms with Gasteiger partial charge in [-0.1, -0.05) is 36.5 Å². The standard InChI is InChI=1S/C21H26N8OS/c1-15(24-19-14-17(27-28-19)18-10-7-13-30-18)25-21(31-16-8-5-4-6-9-16)26-20(22)23-11-12-29(2)3/h4-10,13-14H,1,11-12H2,2-3H3,(H2,24,27,28)(H3,22,23,25,26). The third-order valence-corrected chi connectivity index (χ3v) is 4.79. The molecule has 9 nitrogen and oxygen atoms in total. The van der Waals surface area contributed by atoms with Crippen LogP contribution in [0, 0.1) is 0 Å². The lowest BCUT2D eigenvalue weighted by Crippen LogP contribution is -2.26. The van der Waals surface area contributed by atoms with Gasteiger partial charge in [-0.3, -0.25) is 10.1 Å². The summed E-state index contributed by atoms with van der Waals surface area (Å²) in [7, 11) is 3.96. The van der Waals surface area contributed by atoms with Gasteiger partial charge in [-0.05, 0) is 38.4 Å². The normalized spacial score (nSPS) is 12.2. The van der Waals surface area contributed by atoms with E-state index in [-0.39, 0.29) is 5.96 Å². The highest BCUT2D eigenvalue weighted by Crippen LogP contribution is 2.21. The van der Waals surface area contributed by atoms with Crippen LogP contribution in [0.5, 0.6) is 0 Å². The molecule has 0 saturated heterocycles. The van der Waals surface area contributed by atoms with Crippen LogP contribution >= 0.6 is 11.8 Å². The number of hydrogen-bond donors (Lipinski definition) is 4. The summed E-state index contributed by atoms with van der Waals surface area (Å²) in [5.41, 5.74) is 6.77. The number of benzene rings is 1. The monoisotopic (exact) mass is 438 g/mol. The predicted molar refractivity (Wildman–Crippen MR) is 127 cm³/mol. The molecule has 0 fully saturated rings. The number of aliphatic imine (C=N–C) groups is 2. The van der Waals surface area contributed by atoms with Crippen LogP contribution in [0.2, 0.25) is 0 Å². The van der Waals surface area contributed by atoms with Crippen LogP contribution in [0.15, 0.2) is 86.5 Å². The number of nitrogens with one attached hydrogen (secondary N) is 3. The van der Waals surface area contributed by atoms with Crippen molar-refractivity contribution in [3.05, 3.63) is 67.2 Å². The number of amidine groups is 1. The van der Waals surface area contributed by atoms with Crippen LogP contribution < -0.4 is 16.4 Å². The number of aromatic nitrogens is 2. The Kier molecular flexibility index (Phi) is 7.91. The molecule has 0 bridgehead atoms. The fraction of sp³-hybridized carbons (Fsp3) is 0.190. The van der Waals surface area contributed by atoms with Crippen molar-refractivity contribution in [2.24, 2.45) is 15.7 Å². The molecule has 3 aromatic rings. The minimum atomic E-state index is 0.195. The van der Waals surface area contributed by atoms with Crippen molar-refractivity contribution in [1.82, 2.24) is 20.4 Å². The fourth-order valence-corrected chi connectivity index (χ4v) is 3.27. The molecule has 0 aliphatic rings. The van der Waals surface area contributed by atoms with E-state index in [4.69, 9.17) is 10.2 Å². The lowest BCUT2D eigenvalue weighted by atomic mass is 10.3. The van der Waals surface area contributed by atoms with Gasteiger partial charge in [0, 0.05) is 17.5 Å². The Morgan fingerprint density at radius 3 is 2.77 bits per heavy atom. The number of H-pyrrole nitrogens is 1. The van der Waals surface area contributed by atoms with Gasteiger partial charge in [0.2, 0.25) is 5.96 Å². The zero-order valence-electron chi connectivity index (χ0n) is 17.5. The van der Waals surface area contributed by atoms with E-state index < -0.39 is 0 Å². The summed E-state index contributed by atoms with van der Waals surface area (Å²) in [6.45, 7) is 5.37. The van der Waals surface area contributed by atoms with Gasteiger partial charge in [-0.25, -0.2) is 0 Å². The molecule has 3 rings (SSSR count). The highest BCUT2D eigenvalue weighted by molar-refractivity contribution is 8.13. The second-order valence-electron chi connectivity index (χ2n) is 6.75. The van der Waals surface area contributed by atoms with Crippen LogP contribution in [-0.4, -0.2) is 53.4 Å². The van der Waals surface area contributed by atoms with E-state index in [2.05, 4.69) is 37.4 Å². The Bertz CT molecular complexity index is 1020. The molecule has 0 unspecified atom stereocenters. The Labute approximate surface area is 185 Å². The molecule has 2 heterocycles. The summed E-state index contributed by atoms with van der Waals surface area (Å²) in [6.07, 6.45) is 1.61. The molecule has 0 aliphatic carbocycles. The maximum Gasteiger partial charge on any atom is 0.217 e. The smallest absolute Gasteiger partial charge is 0.217 e. The number of aromatic amines is 1. The van der Waals surface area contributed by atoms with Gasteiger partial charge in [-0.2, -0.15) is 10.1 Å². The molecule has 2 aromatic heterocycles. The highest BCUT2D eigenvalue weighted by atomic mass is 32.2. The van der Waals surface area contributed by atoms with E-state index in [9.17, 15) is 0 Å². The molecule has 10 heteroatoms. The average molecular weight is 439 g/mol. The van der Waals surface area contributed by atoms with E-state index >= 15 is 0 Å². The predicted octanol–water partition coefficient (Wildman–Crippen LogP) is 3.17. The number of rotatable bonds is 8. The van der Waals surface area contributed by atoms with E-state index in [1.54, 1.807) is 6.26 Å². The minimum Gasteiger partial charge on any atom is -0.463 e. The number of nitrogens with zero attached hydrogens (tertiary/aromatic N) is 4. The third-order valence-electron chi connectivity index (χ3n) is 3.90. The van der Waals surface area contributed by atoms with E-state index in [0.717, 1.165) is 17.1 Å². The number of thioether (sulfide) groups is 1. The van der Waals surface area contributed by atoms with Crippen molar-refractivity contribution in [3.8, 4) is 11.5 Å². The lowest BCUT2D eigenvalue weighted by Gasteiger charge is -2.12. The van der Waals surface area contributed by atoms with Crippen LogP contribution in [0.25, 0.3) is 11.5 Å². The first-order valence-corrected chi connectivity index (χ1v) is 10.4. The van der Waals surface area contributed by atoms with Crippen molar-refractivity contribution >= 4 is 28.7 Å².